The zero-order valence-corrected chi connectivity index (χ0v) is 17.0. The molecule has 0 aliphatic heterocycles. The molecule has 0 spiro atoms. The van der Waals surface area contributed by atoms with Gasteiger partial charge in [-0.15, -0.1) is 11.3 Å². The molecule has 0 aliphatic rings. The highest BCUT2D eigenvalue weighted by atomic mass is 32.2. The van der Waals surface area contributed by atoms with Gasteiger partial charge in [-0.05, 0) is 12.1 Å². The minimum Gasteiger partial charge on any atom is -0.464 e. The number of benzene rings is 1. The Morgan fingerprint density at radius 2 is 2.00 bits per heavy atom. The molecule has 8 nitrogen and oxygen atoms in total. The lowest BCUT2D eigenvalue weighted by atomic mass is 10.2. The SMILES string of the molecule is COCCN(Cc1nc(C(=O)OC)cs1)S(=O)(=O)c1cccc2cccnc12. The molecule has 0 saturated carbocycles. The number of esters is 1. The number of ether oxygens (including phenoxy) is 2. The van der Waals surface area contributed by atoms with E-state index in [4.69, 9.17) is 4.74 Å². The standard InChI is InChI=1S/C18H19N3O5S2/c1-25-10-9-21(11-16-20-14(12-27-16)18(22)26-2)28(23,24)15-7-3-5-13-6-4-8-19-17(13)15/h3-8,12H,9-11H2,1-2H3. The van der Waals surface area contributed by atoms with Crippen molar-refractivity contribution in [2.75, 3.05) is 27.4 Å². The van der Waals surface area contributed by atoms with E-state index in [1.54, 1.807) is 23.7 Å². The predicted octanol–water partition coefficient (Wildman–Crippen LogP) is 2.32. The van der Waals surface area contributed by atoms with E-state index in [1.165, 1.54) is 35.9 Å². The molecule has 3 aromatic rings. The quantitative estimate of drug-likeness (QED) is 0.515. The zero-order chi connectivity index (χ0) is 20.1. The van der Waals surface area contributed by atoms with E-state index < -0.39 is 16.0 Å². The molecule has 0 radical (unpaired) electrons. The van der Waals surface area contributed by atoms with Crippen LogP contribution in [0.4, 0.5) is 0 Å². The van der Waals surface area contributed by atoms with E-state index in [0.29, 0.717) is 10.5 Å². The Morgan fingerprint density at radius 1 is 1.21 bits per heavy atom. The second-order valence-electron chi connectivity index (χ2n) is 5.78. The molecule has 0 unspecified atom stereocenters. The summed E-state index contributed by atoms with van der Waals surface area (Å²) in [7, 11) is -1.10. The van der Waals surface area contributed by atoms with Gasteiger partial charge in [-0.25, -0.2) is 18.2 Å². The molecule has 148 valence electrons. The summed E-state index contributed by atoms with van der Waals surface area (Å²) in [6, 6.07) is 8.59. The molecule has 28 heavy (non-hydrogen) atoms. The van der Waals surface area contributed by atoms with Crippen LogP contribution in [0.2, 0.25) is 0 Å². The molecule has 3 rings (SSSR count). The van der Waals surface area contributed by atoms with E-state index in [0.717, 1.165) is 5.39 Å². The summed E-state index contributed by atoms with van der Waals surface area (Å²) in [4.78, 5) is 20.2. The van der Waals surface area contributed by atoms with Gasteiger partial charge in [-0.3, -0.25) is 4.98 Å². The minimum absolute atomic E-state index is 0.0105. The Balaban J connectivity index is 1.98. The van der Waals surface area contributed by atoms with Gasteiger partial charge >= 0.3 is 5.97 Å². The first-order chi connectivity index (χ1) is 13.5. The number of thiazole rings is 1. The average molecular weight is 422 g/mol. The van der Waals surface area contributed by atoms with Gasteiger partial charge < -0.3 is 9.47 Å². The predicted molar refractivity (Wildman–Crippen MR) is 105 cm³/mol. The fourth-order valence-corrected chi connectivity index (χ4v) is 5.04. The number of para-hydroxylation sites is 1. The third-order valence-electron chi connectivity index (χ3n) is 4.02. The van der Waals surface area contributed by atoms with Gasteiger partial charge in [0.25, 0.3) is 0 Å². The molecule has 0 fully saturated rings. The number of pyridine rings is 1. The van der Waals surface area contributed by atoms with Crippen LogP contribution < -0.4 is 0 Å². The van der Waals surface area contributed by atoms with Crippen LogP contribution in [0.5, 0.6) is 0 Å². The summed E-state index contributed by atoms with van der Waals surface area (Å²) in [6.45, 7) is 0.360. The maximum Gasteiger partial charge on any atom is 0.357 e. The maximum absolute atomic E-state index is 13.4. The number of nitrogens with zero attached hydrogens (tertiary/aromatic N) is 3. The van der Waals surface area contributed by atoms with Gasteiger partial charge in [0.2, 0.25) is 10.0 Å². The fraction of sp³-hybridized carbons (Fsp3) is 0.278. The largest absolute Gasteiger partial charge is 0.464 e. The number of fused-ring (bicyclic) bond motifs is 1. The lowest BCUT2D eigenvalue weighted by Gasteiger charge is -2.21. The van der Waals surface area contributed by atoms with E-state index in [2.05, 4.69) is 14.7 Å². The monoisotopic (exact) mass is 421 g/mol. The first-order valence-electron chi connectivity index (χ1n) is 8.33. The summed E-state index contributed by atoms with van der Waals surface area (Å²) in [5, 5.41) is 2.76. The number of carbonyl (C=O) groups excluding carboxylic acids is 1. The topological polar surface area (TPSA) is 98.7 Å². The van der Waals surface area contributed by atoms with Gasteiger partial charge in [0.05, 0.1) is 25.8 Å². The first-order valence-corrected chi connectivity index (χ1v) is 10.6. The van der Waals surface area contributed by atoms with Crippen LogP contribution >= 0.6 is 11.3 Å². The molecule has 2 aromatic heterocycles. The number of rotatable bonds is 8. The minimum atomic E-state index is -3.87. The normalized spacial score (nSPS) is 11.8. The van der Waals surface area contributed by atoms with Crippen molar-refractivity contribution in [2.24, 2.45) is 0 Å². The molecule has 0 N–H and O–H groups in total. The van der Waals surface area contributed by atoms with Gasteiger partial charge in [-0.2, -0.15) is 4.31 Å². The van der Waals surface area contributed by atoms with Crippen LogP contribution in [0.15, 0.2) is 46.8 Å². The van der Waals surface area contributed by atoms with Crippen molar-refractivity contribution in [1.29, 1.82) is 0 Å². The highest BCUT2D eigenvalue weighted by Gasteiger charge is 2.28. The average Bonchev–Trinajstić information content (AvgIpc) is 3.18. The second kappa shape index (κ2) is 8.74. The Kier molecular flexibility index (Phi) is 6.35. The molecule has 0 bridgehead atoms. The van der Waals surface area contributed by atoms with Crippen LogP contribution in [0.3, 0.4) is 0 Å². The Morgan fingerprint density at radius 3 is 2.75 bits per heavy atom. The lowest BCUT2D eigenvalue weighted by molar-refractivity contribution is 0.0594. The van der Waals surface area contributed by atoms with E-state index in [1.807, 2.05) is 12.1 Å². The highest BCUT2D eigenvalue weighted by molar-refractivity contribution is 7.89. The number of hydrogen-bond donors (Lipinski definition) is 0. The zero-order valence-electron chi connectivity index (χ0n) is 15.4. The lowest BCUT2D eigenvalue weighted by Crippen LogP contribution is -2.33. The van der Waals surface area contributed by atoms with Gasteiger partial charge in [-0.1, -0.05) is 18.2 Å². The first kappa shape index (κ1) is 20.3. The number of sulfonamides is 1. The number of hydrogen-bond acceptors (Lipinski definition) is 8. The van der Waals surface area contributed by atoms with E-state index in [-0.39, 0.29) is 30.3 Å². The third-order valence-corrected chi connectivity index (χ3v) is 6.73. The molecule has 0 saturated heterocycles. The molecule has 2 heterocycles. The summed E-state index contributed by atoms with van der Waals surface area (Å²) < 4.78 is 37.7. The van der Waals surface area contributed by atoms with Crippen LogP contribution in [0, 0.1) is 0 Å². The third kappa shape index (κ3) is 4.20. The van der Waals surface area contributed by atoms with Gasteiger partial charge in [0, 0.05) is 30.6 Å². The molecule has 0 aliphatic carbocycles. The molecular formula is C18H19N3O5S2. The van der Waals surface area contributed by atoms with Crippen molar-refractivity contribution >= 4 is 38.2 Å². The van der Waals surface area contributed by atoms with Crippen molar-refractivity contribution in [1.82, 2.24) is 14.3 Å². The second-order valence-corrected chi connectivity index (χ2v) is 8.63. The summed E-state index contributed by atoms with van der Waals surface area (Å²) >= 11 is 1.20. The van der Waals surface area contributed by atoms with Crippen molar-refractivity contribution in [3.8, 4) is 0 Å². The van der Waals surface area contributed by atoms with Crippen molar-refractivity contribution in [3.05, 3.63) is 52.6 Å². The molecule has 1 aromatic carbocycles. The summed E-state index contributed by atoms with van der Waals surface area (Å²) in [6.07, 6.45) is 1.56. The highest BCUT2D eigenvalue weighted by Crippen LogP contribution is 2.26. The van der Waals surface area contributed by atoms with Crippen LogP contribution in [0.25, 0.3) is 10.9 Å². The number of carbonyl (C=O) groups is 1. The molecule has 0 amide bonds. The van der Waals surface area contributed by atoms with Crippen LogP contribution in [-0.4, -0.2) is 56.0 Å². The van der Waals surface area contributed by atoms with Gasteiger partial charge in [0.15, 0.2) is 5.69 Å². The Bertz CT molecular complexity index is 1080. The Labute approximate surface area is 166 Å². The maximum atomic E-state index is 13.4. The van der Waals surface area contributed by atoms with Gasteiger partial charge in [0.1, 0.15) is 9.90 Å². The molecule has 10 heteroatoms. The van der Waals surface area contributed by atoms with E-state index >= 15 is 0 Å². The Hall–Kier alpha value is -2.40. The van der Waals surface area contributed by atoms with Crippen LogP contribution in [-0.2, 0) is 26.0 Å². The number of aromatic nitrogens is 2. The van der Waals surface area contributed by atoms with E-state index in [9.17, 15) is 13.2 Å². The molecule has 0 atom stereocenters. The smallest absolute Gasteiger partial charge is 0.357 e. The van der Waals surface area contributed by atoms with Crippen molar-refractivity contribution in [3.63, 3.8) is 0 Å². The van der Waals surface area contributed by atoms with Crippen LogP contribution in [0.1, 0.15) is 15.5 Å². The van der Waals surface area contributed by atoms with Crippen molar-refractivity contribution < 1.29 is 22.7 Å². The summed E-state index contributed by atoms with van der Waals surface area (Å²) in [5.41, 5.74) is 0.556. The molecular weight excluding hydrogens is 402 g/mol. The van der Waals surface area contributed by atoms with Crippen molar-refractivity contribution in [2.45, 2.75) is 11.4 Å². The fourth-order valence-electron chi connectivity index (χ4n) is 2.63. The summed E-state index contributed by atoms with van der Waals surface area (Å²) in [5.74, 6) is -0.563. The number of methoxy groups -OCH3 is 2.